The van der Waals surface area contributed by atoms with Crippen molar-refractivity contribution >= 4 is 17.7 Å². The van der Waals surface area contributed by atoms with Gasteiger partial charge in [-0.2, -0.15) is 0 Å². The Hall–Kier alpha value is -2.61. The van der Waals surface area contributed by atoms with Crippen LogP contribution in [0.4, 0.5) is 5.82 Å². The van der Waals surface area contributed by atoms with Crippen molar-refractivity contribution < 1.29 is 19.1 Å². The second-order valence-electron chi connectivity index (χ2n) is 9.77. The Kier molecular flexibility index (Phi) is 7.22. The largest absolute Gasteiger partial charge is 0.493 e. The molecule has 1 aromatic rings. The lowest BCUT2D eigenvalue weighted by molar-refractivity contribution is -0.167. The predicted octanol–water partition coefficient (Wildman–Crippen LogP) is 2.45. The molecule has 33 heavy (non-hydrogen) atoms. The van der Waals surface area contributed by atoms with Gasteiger partial charge in [-0.15, -0.1) is 0 Å². The lowest BCUT2D eigenvalue weighted by Gasteiger charge is -2.39. The van der Waals surface area contributed by atoms with Crippen molar-refractivity contribution in [2.24, 2.45) is 11.7 Å². The molecule has 0 unspecified atom stereocenters. The van der Waals surface area contributed by atoms with E-state index in [1.165, 1.54) is 11.6 Å². The van der Waals surface area contributed by atoms with E-state index < -0.39 is 17.5 Å². The van der Waals surface area contributed by atoms with Gasteiger partial charge in [-0.1, -0.05) is 5.57 Å². The van der Waals surface area contributed by atoms with E-state index >= 15 is 0 Å². The first-order chi connectivity index (χ1) is 15.9. The quantitative estimate of drug-likeness (QED) is 0.497. The van der Waals surface area contributed by atoms with Crippen LogP contribution in [0, 0.1) is 5.92 Å². The first kappa shape index (κ1) is 23.5. The fourth-order valence-corrected chi connectivity index (χ4v) is 5.21. The molecule has 1 aromatic heterocycles. The predicted molar refractivity (Wildman–Crippen MR) is 126 cm³/mol. The van der Waals surface area contributed by atoms with Gasteiger partial charge in [0.2, 0.25) is 0 Å². The van der Waals surface area contributed by atoms with E-state index in [2.05, 4.69) is 14.8 Å². The molecule has 1 aliphatic carbocycles. The van der Waals surface area contributed by atoms with Crippen LogP contribution < -0.4 is 15.4 Å². The molecule has 3 aliphatic rings. The number of nitrogens with zero attached hydrogens (tertiary/aromatic N) is 3. The highest BCUT2D eigenvalue weighted by Crippen LogP contribution is 2.37. The Bertz CT molecular complexity index is 896. The molecule has 2 aliphatic heterocycles. The number of carbonyl (C=O) groups excluding carboxylic acids is 2. The van der Waals surface area contributed by atoms with Crippen molar-refractivity contribution in [3.8, 4) is 5.75 Å². The SMILES string of the molecule is CC(C)=CC(=O)OC1(C(N)=O)CCC(CCN2CCN(c3nccc4c3CCO4)CC2)CC1. The number of ether oxygens (including phenoxy) is 2. The summed E-state index contributed by atoms with van der Waals surface area (Å²) in [4.78, 5) is 33.8. The molecule has 1 saturated carbocycles. The number of esters is 1. The molecule has 8 heteroatoms. The smallest absolute Gasteiger partial charge is 0.331 e. The molecule has 180 valence electrons. The summed E-state index contributed by atoms with van der Waals surface area (Å²) in [7, 11) is 0. The fraction of sp³-hybridized carbons (Fsp3) is 0.640. The Morgan fingerprint density at radius 1 is 1.24 bits per heavy atom. The number of hydrogen-bond donors (Lipinski definition) is 1. The van der Waals surface area contributed by atoms with Crippen LogP contribution in [-0.2, 0) is 20.7 Å². The monoisotopic (exact) mass is 456 g/mol. The van der Waals surface area contributed by atoms with Crippen LogP contribution in [0.15, 0.2) is 23.9 Å². The van der Waals surface area contributed by atoms with E-state index in [-0.39, 0.29) is 0 Å². The van der Waals surface area contributed by atoms with Crippen LogP contribution in [0.1, 0.15) is 51.5 Å². The number of hydrogen-bond acceptors (Lipinski definition) is 7. The number of piperazine rings is 1. The highest BCUT2D eigenvalue weighted by atomic mass is 16.6. The molecule has 0 radical (unpaired) electrons. The standard InChI is InChI=1S/C25H36N4O4/c1-18(2)17-22(30)33-25(24(26)31)8-3-19(4-9-25)6-11-28-12-14-29(15-13-28)23-20-7-16-32-21(20)5-10-27-23/h5,10,17,19H,3-4,6-9,11-16H2,1-2H3,(H2,26,31). The fourth-order valence-electron chi connectivity index (χ4n) is 5.21. The number of anilines is 1. The number of amides is 1. The number of rotatable bonds is 7. The van der Waals surface area contributed by atoms with Crippen molar-refractivity contribution in [2.45, 2.75) is 58.0 Å². The van der Waals surface area contributed by atoms with Crippen LogP contribution in [0.5, 0.6) is 5.75 Å². The molecule has 2 N–H and O–H groups in total. The van der Waals surface area contributed by atoms with E-state index in [0.29, 0.717) is 18.8 Å². The summed E-state index contributed by atoms with van der Waals surface area (Å²) in [5.41, 5.74) is 6.58. The molecule has 8 nitrogen and oxygen atoms in total. The second-order valence-corrected chi connectivity index (χ2v) is 9.77. The summed E-state index contributed by atoms with van der Waals surface area (Å²) < 4.78 is 11.2. The minimum atomic E-state index is -1.15. The number of nitrogens with two attached hydrogens (primary N) is 1. The zero-order valence-electron chi connectivity index (χ0n) is 19.8. The Balaban J connectivity index is 1.23. The number of pyridine rings is 1. The molecule has 1 saturated heterocycles. The highest BCUT2D eigenvalue weighted by molar-refractivity contribution is 5.90. The van der Waals surface area contributed by atoms with Gasteiger partial charge in [-0.05, 0) is 64.5 Å². The third kappa shape index (κ3) is 5.49. The van der Waals surface area contributed by atoms with Crippen LogP contribution in [0.25, 0.3) is 0 Å². The van der Waals surface area contributed by atoms with Gasteiger partial charge in [0, 0.05) is 50.4 Å². The first-order valence-electron chi connectivity index (χ1n) is 12.1. The van der Waals surface area contributed by atoms with E-state index in [4.69, 9.17) is 15.2 Å². The lowest BCUT2D eigenvalue weighted by atomic mass is 9.77. The van der Waals surface area contributed by atoms with E-state index in [9.17, 15) is 9.59 Å². The molecule has 3 heterocycles. The van der Waals surface area contributed by atoms with E-state index in [0.717, 1.165) is 82.2 Å². The lowest BCUT2D eigenvalue weighted by Crippen LogP contribution is -2.50. The normalized spacial score (nSPS) is 25.2. The zero-order chi connectivity index (χ0) is 23.4. The molecule has 0 aromatic carbocycles. The van der Waals surface area contributed by atoms with Crippen molar-refractivity contribution in [1.82, 2.24) is 9.88 Å². The highest BCUT2D eigenvalue weighted by Gasteiger charge is 2.43. The van der Waals surface area contributed by atoms with Crippen molar-refractivity contribution in [1.29, 1.82) is 0 Å². The molecule has 0 bridgehead atoms. The Labute approximate surface area is 196 Å². The molecular formula is C25H36N4O4. The van der Waals surface area contributed by atoms with Gasteiger partial charge in [-0.3, -0.25) is 9.69 Å². The minimum absolute atomic E-state index is 0.477. The third-order valence-corrected chi connectivity index (χ3v) is 7.19. The molecular weight excluding hydrogens is 420 g/mol. The summed E-state index contributed by atoms with van der Waals surface area (Å²) in [6.45, 7) is 9.43. The third-order valence-electron chi connectivity index (χ3n) is 7.19. The summed E-state index contributed by atoms with van der Waals surface area (Å²) in [6.07, 6.45) is 8.02. The van der Waals surface area contributed by atoms with Crippen LogP contribution in [0.3, 0.4) is 0 Å². The van der Waals surface area contributed by atoms with E-state index in [1.807, 2.05) is 26.1 Å². The Morgan fingerprint density at radius 3 is 2.64 bits per heavy atom. The van der Waals surface area contributed by atoms with Crippen LogP contribution >= 0.6 is 0 Å². The van der Waals surface area contributed by atoms with Gasteiger partial charge in [-0.25, -0.2) is 9.78 Å². The summed E-state index contributed by atoms with van der Waals surface area (Å²) in [5.74, 6) is 1.59. The molecule has 0 spiro atoms. The van der Waals surface area contributed by atoms with E-state index in [1.54, 1.807) is 0 Å². The summed E-state index contributed by atoms with van der Waals surface area (Å²) in [5, 5.41) is 0. The number of primary amides is 1. The number of fused-ring (bicyclic) bond motifs is 1. The summed E-state index contributed by atoms with van der Waals surface area (Å²) in [6, 6.07) is 1.96. The zero-order valence-corrected chi connectivity index (χ0v) is 19.8. The van der Waals surface area contributed by atoms with Crippen LogP contribution in [0.2, 0.25) is 0 Å². The van der Waals surface area contributed by atoms with Gasteiger partial charge in [0.25, 0.3) is 5.91 Å². The molecule has 1 amide bonds. The number of allylic oxidation sites excluding steroid dienone is 1. The molecule has 2 fully saturated rings. The van der Waals surface area contributed by atoms with Crippen molar-refractivity contribution in [3.63, 3.8) is 0 Å². The number of carbonyl (C=O) groups is 2. The van der Waals surface area contributed by atoms with Gasteiger partial charge >= 0.3 is 5.97 Å². The van der Waals surface area contributed by atoms with Gasteiger partial charge in [0.05, 0.1) is 6.61 Å². The minimum Gasteiger partial charge on any atom is -0.493 e. The maximum absolute atomic E-state index is 12.1. The maximum atomic E-state index is 12.1. The van der Waals surface area contributed by atoms with Gasteiger partial charge < -0.3 is 20.1 Å². The topological polar surface area (TPSA) is 98.0 Å². The average Bonchev–Trinajstić information content (AvgIpc) is 3.27. The maximum Gasteiger partial charge on any atom is 0.331 e. The molecule has 0 atom stereocenters. The second kappa shape index (κ2) is 10.1. The average molecular weight is 457 g/mol. The van der Waals surface area contributed by atoms with Gasteiger partial charge in [0.1, 0.15) is 11.6 Å². The molecule has 4 rings (SSSR count). The summed E-state index contributed by atoms with van der Waals surface area (Å²) >= 11 is 0. The van der Waals surface area contributed by atoms with Crippen molar-refractivity contribution in [3.05, 3.63) is 29.5 Å². The van der Waals surface area contributed by atoms with Gasteiger partial charge in [0.15, 0.2) is 5.60 Å². The Morgan fingerprint density at radius 2 is 1.97 bits per heavy atom. The van der Waals surface area contributed by atoms with Crippen LogP contribution in [-0.4, -0.2) is 66.7 Å². The van der Waals surface area contributed by atoms with Crippen molar-refractivity contribution in [2.75, 3.05) is 44.2 Å². The first-order valence-corrected chi connectivity index (χ1v) is 12.1. The number of aromatic nitrogens is 1.